The van der Waals surface area contributed by atoms with Gasteiger partial charge in [-0.15, -0.1) is 0 Å². The van der Waals surface area contributed by atoms with Crippen LogP contribution in [0.15, 0.2) is 30.5 Å². The Kier molecular flexibility index (Phi) is 3.49. The van der Waals surface area contributed by atoms with Crippen LogP contribution in [0.5, 0.6) is 0 Å². The van der Waals surface area contributed by atoms with Crippen molar-refractivity contribution in [2.24, 2.45) is 11.7 Å². The van der Waals surface area contributed by atoms with Crippen LogP contribution in [-0.2, 0) is 0 Å². The van der Waals surface area contributed by atoms with Gasteiger partial charge in [0.1, 0.15) is 0 Å². The lowest BCUT2D eigenvalue weighted by Gasteiger charge is -2.34. The fourth-order valence-electron chi connectivity index (χ4n) is 2.83. The number of rotatable bonds is 2. The van der Waals surface area contributed by atoms with E-state index in [-0.39, 0.29) is 11.8 Å². The van der Waals surface area contributed by atoms with Crippen molar-refractivity contribution in [3.8, 4) is 0 Å². The van der Waals surface area contributed by atoms with E-state index >= 15 is 0 Å². The predicted octanol–water partition coefficient (Wildman–Crippen LogP) is 3.04. The Morgan fingerprint density at radius 1 is 1.40 bits per heavy atom. The van der Waals surface area contributed by atoms with E-state index < -0.39 is 0 Å². The molecule has 1 aliphatic rings. The number of fused-ring (bicyclic) bond motifs is 1. The minimum absolute atomic E-state index is 0.152. The Labute approximate surface area is 123 Å². The Morgan fingerprint density at radius 2 is 2.25 bits per heavy atom. The van der Waals surface area contributed by atoms with Crippen LogP contribution in [0.1, 0.15) is 12.8 Å². The van der Waals surface area contributed by atoms with Gasteiger partial charge in [0.25, 0.3) is 0 Å². The smallest absolute Gasteiger partial charge is 0.0954 e. The molecule has 1 unspecified atom stereocenters. The van der Waals surface area contributed by atoms with Crippen molar-refractivity contribution < 1.29 is 0 Å². The van der Waals surface area contributed by atoms with Crippen molar-refractivity contribution in [2.45, 2.75) is 12.8 Å². The first-order chi connectivity index (χ1) is 9.65. The summed E-state index contributed by atoms with van der Waals surface area (Å²) in [6.07, 6.45) is 3.87. The van der Waals surface area contributed by atoms with E-state index in [4.69, 9.17) is 22.7 Å². The molecule has 0 bridgehead atoms. The molecule has 104 valence electrons. The lowest BCUT2D eigenvalue weighted by Crippen LogP contribution is -2.41. The number of anilines is 1. The van der Waals surface area contributed by atoms with Gasteiger partial charge < -0.3 is 10.6 Å². The fourth-order valence-corrected chi connectivity index (χ4v) is 3.00. The number of aromatic nitrogens is 1. The molecule has 2 aromatic rings. The first-order valence-corrected chi connectivity index (χ1v) is 7.16. The molecule has 1 atom stereocenters. The molecule has 5 heteroatoms. The Balaban J connectivity index is 1.99. The monoisotopic (exact) mass is 288 g/mol. The maximum atomic E-state index is 7.65. The summed E-state index contributed by atoms with van der Waals surface area (Å²) in [5.74, 6) is 0.440. The minimum Gasteiger partial charge on any atom is -0.387 e. The zero-order chi connectivity index (χ0) is 14.1. The van der Waals surface area contributed by atoms with Gasteiger partial charge in [0.2, 0.25) is 0 Å². The number of nitrogens with zero attached hydrogens (tertiary/aromatic N) is 2. The molecule has 2 heterocycles. The van der Waals surface area contributed by atoms with E-state index in [9.17, 15) is 0 Å². The third-order valence-corrected chi connectivity index (χ3v) is 4.12. The number of benzene rings is 1. The van der Waals surface area contributed by atoms with Gasteiger partial charge in [0.15, 0.2) is 0 Å². The summed E-state index contributed by atoms with van der Waals surface area (Å²) in [4.78, 5) is 6.67. The topological polar surface area (TPSA) is 66.0 Å². The molecule has 0 saturated carbocycles. The van der Waals surface area contributed by atoms with Crippen molar-refractivity contribution >= 4 is 34.0 Å². The molecule has 3 rings (SSSR count). The summed E-state index contributed by atoms with van der Waals surface area (Å²) in [7, 11) is 0. The Morgan fingerprint density at radius 3 is 3.05 bits per heavy atom. The molecule has 1 saturated heterocycles. The highest BCUT2D eigenvalue weighted by atomic mass is 35.5. The molecule has 1 aliphatic heterocycles. The maximum absolute atomic E-state index is 7.65. The predicted molar refractivity (Wildman–Crippen MR) is 83.6 cm³/mol. The molecule has 0 spiro atoms. The number of amidine groups is 1. The van der Waals surface area contributed by atoms with Crippen LogP contribution in [0.4, 0.5) is 5.69 Å². The molecule has 3 N–H and O–H groups in total. The Hall–Kier alpha value is -1.81. The number of nitrogens with one attached hydrogen (secondary N) is 1. The SMILES string of the molecule is N=C(N)C1CCCN(c2ccnc3cc(Cl)ccc23)C1. The fraction of sp³-hybridized carbons (Fsp3) is 0.333. The van der Waals surface area contributed by atoms with Gasteiger partial charge in [-0.3, -0.25) is 10.4 Å². The average molecular weight is 289 g/mol. The summed E-state index contributed by atoms with van der Waals surface area (Å²) in [6, 6.07) is 7.81. The molecule has 0 amide bonds. The standard InChI is InChI=1S/C15H17ClN4/c16-11-3-4-12-13(8-11)19-6-5-14(12)20-7-1-2-10(9-20)15(17)18/h3-6,8,10H,1-2,7,9H2,(H3,17,18). The first kappa shape index (κ1) is 13.2. The van der Waals surface area contributed by atoms with E-state index in [1.165, 1.54) is 0 Å². The van der Waals surface area contributed by atoms with Crippen LogP contribution < -0.4 is 10.6 Å². The average Bonchev–Trinajstić information content (AvgIpc) is 2.46. The van der Waals surface area contributed by atoms with Crippen LogP contribution >= 0.6 is 11.6 Å². The molecule has 0 radical (unpaired) electrons. The molecule has 1 aromatic carbocycles. The van der Waals surface area contributed by atoms with Crippen molar-refractivity contribution in [3.63, 3.8) is 0 Å². The number of halogens is 1. The molecule has 4 nitrogen and oxygen atoms in total. The lowest BCUT2D eigenvalue weighted by atomic mass is 9.96. The highest BCUT2D eigenvalue weighted by molar-refractivity contribution is 6.31. The second kappa shape index (κ2) is 5.29. The Bertz CT molecular complexity index is 655. The van der Waals surface area contributed by atoms with E-state index in [1.54, 1.807) is 0 Å². The third-order valence-electron chi connectivity index (χ3n) is 3.88. The van der Waals surface area contributed by atoms with E-state index in [2.05, 4.69) is 9.88 Å². The summed E-state index contributed by atoms with van der Waals surface area (Å²) >= 11 is 6.02. The van der Waals surface area contributed by atoms with Crippen molar-refractivity contribution in [1.29, 1.82) is 5.41 Å². The normalized spacial score (nSPS) is 19.2. The molecule has 1 aromatic heterocycles. The van der Waals surface area contributed by atoms with Gasteiger partial charge in [0, 0.05) is 41.3 Å². The molecular formula is C15H17ClN4. The van der Waals surface area contributed by atoms with E-state index in [0.717, 1.165) is 42.5 Å². The second-order valence-corrected chi connectivity index (χ2v) is 5.67. The second-order valence-electron chi connectivity index (χ2n) is 5.23. The van der Waals surface area contributed by atoms with Crippen LogP contribution in [0.3, 0.4) is 0 Å². The zero-order valence-corrected chi connectivity index (χ0v) is 11.9. The highest BCUT2D eigenvalue weighted by Crippen LogP contribution is 2.30. The number of nitrogens with two attached hydrogens (primary N) is 1. The minimum atomic E-state index is 0.152. The molecule has 1 fully saturated rings. The lowest BCUT2D eigenvalue weighted by molar-refractivity contribution is 0.504. The zero-order valence-electron chi connectivity index (χ0n) is 11.1. The van der Waals surface area contributed by atoms with E-state index in [1.807, 2.05) is 30.5 Å². The van der Waals surface area contributed by atoms with Crippen molar-refractivity contribution in [3.05, 3.63) is 35.5 Å². The van der Waals surface area contributed by atoms with Crippen LogP contribution in [0, 0.1) is 11.3 Å². The number of hydrogen-bond acceptors (Lipinski definition) is 3. The van der Waals surface area contributed by atoms with Crippen molar-refractivity contribution in [2.75, 3.05) is 18.0 Å². The van der Waals surface area contributed by atoms with Gasteiger partial charge in [-0.05, 0) is 37.1 Å². The number of hydrogen-bond donors (Lipinski definition) is 2. The summed E-state index contributed by atoms with van der Waals surface area (Å²) in [5.41, 5.74) is 7.72. The van der Waals surface area contributed by atoms with Crippen LogP contribution in [-0.4, -0.2) is 23.9 Å². The highest BCUT2D eigenvalue weighted by Gasteiger charge is 2.23. The van der Waals surface area contributed by atoms with Gasteiger partial charge in [-0.1, -0.05) is 11.6 Å². The van der Waals surface area contributed by atoms with Gasteiger partial charge >= 0.3 is 0 Å². The molecule has 0 aliphatic carbocycles. The third kappa shape index (κ3) is 2.43. The largest absolute Gasteiger partial charge is 0.387 e. The molecular weight excluding hydrogens is 272 g/mol. The van der Waals surface area contributed by atoms with Crippen molar-refractivity contribution in [1.82, 2.24) is 4.98 Å². The molecule has 20 heavy (non-hydrogen) atoms. The van der Waals surface area contributed by atoms with Gasteiger partial charge in [-0.2, -0.15) is 0 Å². The van der Waals surface area contributed by atoms with Gasteiger partial charge in [0.05, 0.1) is 11.4 Å². The quantitative estimate of drug-likeness (QED) is 0.659. The maximum Gasteiger partial charge on any atom is 0.0954 e. The van der Waals surface area contributed by atoms with Crippen LogP contribution in [0.25, 0.3) is 10.9 Å². The van der Waals surface area contributed by atoms with Crippen LogP contribution in [0.2, 0.25) is 5.02 Å². The van der Waals surface area contributed by atoms with Gasteiger partial charge in [-0.25, -0.2) is 0 Å². The summed E-state index contributed by atoms with van der Waals surface area (Å²) in [5, 5.41) is 9.45. The number of pyridine rings is 1. The summed E-state index contributed by atoms with van der Waals surface area (Å²) in [6.45, 7) is 1.79. The first-order valence-electron chi connectivity index (χ1n) is 6.78. The number of piperidine rings is 1. The van der Waals surface area contributed by atoms with E-state index in [0.29, 0.717) is 5.02 Å². The summed E-state index contributed by atoms with van der Waals surface area (Å²) < 4.78 is 0.